The summed E-state index contributed by atoms with van der Waals surface area (Å²) >= 11 is 3.36. The van der Waals surface area contributed by atoms with Gasteiger partial charge in [-0.1, -0.05) is 6.07 Å². The minimum atomic E-state index is 0.0112. The summed E-state index contributed by atoms with van der Waals surface area (Å²) in [6.45, 7) is 3.61. The third kappa shape index (κ3) is 4.39. The van der Waals surface area contributed by atoms with E-state index in [0.29, 0.717) is 42.4 Å². The lowest BCUT2D eigenvalue weighted by molar-refractivity contribution is 0.0627. The molecule has 2 heterocycles. The topological polar surface area (TPSA) is 64.1 Å². The van der Waals surface area contributed by atoms with Crippen molar-refractivity contribution in [3.63, 3.8) is 0 Å². The number of pyridine rings is 1. The molecule has 0 atom stereocenters. The second-order valence-electron chi connectivity index (χ2n) is 6.45. The zero-order chi connectivity index (χ0) is 20.1. The van der Waals surface area contributed by atoms with E-state index < -0.39 is 0 Å². The predicted octanol–water partition coefficient (Wildman–Crippen LogP) is 2.83. The first-order chi connectivity index (χ1) is 13.6. The van der Waals surface area contributed by atoms with E-state index in [9.17, 15) is 4.79 Å². The molecule has 0 unspecified atom stereocenters. The maximum Gasteiger partial charge on any atom is 0.255 e. The molecule has 0 bridgehead atoms. The van der Waals surface area contributed by atoms with Crippen LogP contribution in [0.1, 0.15) is 15.9 Å². The Hall–Kier alpha value is -2.32. The van der Waals surface area contributed by atoms with Crippen molar-refractivity contribution in [2.45, 2.75) is 6.54 Å². The summed E-state index contributed by atoms with van der Waals surface area (Å²) in [5, 5.41) is 0. The van der Waals surface area contributed by atoms with E-state index in [1.807, 2.05) is 17.0 Å². The zero-order valence-electron chi connectivity index (χ0n) is 16.3. The van der Waals surface area contributed by atoms with Gasteiger partial charge in [0.25, 0.3) is 5.91 Å². The SMILES string of the molecule is COc1ccc(CN2CCN(C(=O)c3cncc(Br)c3)CC2)c(OC)c1OC. The van der Waals surface area contributed by atoms with Gasteiger partial charge in [0.1, 0.15) is 0 Å². The smallest absolute Gasteiger partial charge is 0.255 e. The maximum atomic E-state index is 12.7. The van der Waals surface area contributed by atoms with E-state index in [4.69, 9.17) is 14.2 Å². The Kier molecular flexibility index (Phi) is 6.74. The van der Waals surface area contributed by atoms with Crippen LogP contribution in [0, 0.1) is 0 Å². The fourth-order valence-electron chi connectivity index (χ4n) is 3.35. The van der Waals surface area contributed by atoms with Gasteiger partial charge < -0.3 is 19.1 Å². The van der Waals surface area contributed by atoms with Gasteiger partial charge in [0, 0.05) is 55.2 Å². The van der Waals surface area contributed by atoms with Crippen molar-refractivity contribution in [2.75, 3.05) is 47.5 Å². The molecule has 0 radical (unpaired) electrons. The lowest BCUT2D eigenvalue weighted by atomic mass is 10.1. The molecule has 1 aliphatic heterocycles. The highest BCUT2D eigenvalue weighted by Gasteiger charge is 2.24. The molecule has 2 aromatic rings. The minimum Gasteiger partial charge on any atom is -0.493 e. The molecule has 28 heavy (non-hydrogen) atoms. The molecule has 0 aliphatic carbocycles. The van der Waals surface area contributed by atoms with Crippen molar-refractivity contribution in [3.05, 3.63) is 46.2 Å². The van der Waals surface area contributed by atoms with Gasteiger partial charge in [-0.3, -0.25) is 14.7 Å². The predicted molar refractivity (Wildman–Crippen MR) is 109 cm³/mol. The third-order valence-corrected chi connectivity index (χ3v) is 5.22. The minimum absolute atomic E-state index is 0.0112. The Balaban J connectivity index is 1.65. The number of rotatable bonds is 6. The van der Waals surface area contributed by atoms with Crippen molar-refractivity contribution in [1.29, 1.82) is 0 Å². The van der Waals surface area contributed by atoms with Crippen LogP contribution in [0.3, 0.4) is 0 Å². The summed E-state index contributed by atoms with van der Waals surface area (Å²) in [4.78, 5) is 20.9. The Bertz CT molecular complexity index is 838. The summed E-state index contributed by atoms with van der Waals surface area (Å²) < 4.78 is 17.2. The molecule has 1 saturated heterocycles. The van der Waals surface area contributed by atoms with Crippen LogP contribution in [0.4, 0.5) is 0 Å². The van der Waals surface area contributed by atoms with Gasteiger partial charge in [-0.2, -0.15) is 0 Å². The second kappa shape index (κ2) is 9.25. The fourth-order valence-corrected chi connectivity index (χ4v) is 3.71. The van der Waals surface area contributed by atoms with Crippen LogP contribution in [0.2, 0.25) is 0 Å². The number of carbonyl (C=O) groups excluding carboxylic acids is 1. The van der Waals surface area contributed by atoms with Crippen LogP contribution in [-0.4, -0.2) is 68.2 Å². The van der Waals surface area contributed by atoms with Crippen molar-refractivity contribution in [2.24, 2.45) is 0 Å². The number of hydrogen-bond acceptors (Lipinski definition) is 6. The Labute approximate surface area is 173 Å². The summed E-state index contributed by atoms with van der Waals surface area (Å²) in [5.74, 6) is 1.93. The van der Waals surface area contributed by atoms with Gasteiger partial charge in [-0.05, 0) is 28.1 Å². The number of halogens is 1. The number of amides is 1. The number of carbonyl (C=O) groups is 1. The van der Waals surface area contributed by atoms with Crippen molar-refractivity contribution < 1.29 is 19.0 Å². The average Bonchev–Trinajstić information content (AvgIpc) is 2.73. The fraction of sp³-hybridized carbons (Fsp3) is 0.400. The standard InChI is InChI=1S/C20H24BrN3O4/c1-26-17-5-4-14(18(27-2)19(17)28-3)13-23-6-8-24(9-7-23)20(25)15-10-16(21)12-22-11-15/h4-5,10-12H,6-9,13H2,1-3H3. The Morgan fingerprint density at radius 2 is 1.75 bits per heavy atom. The molecule has 150 valence electrons. The third-order valence-electron chi connectivity index (χ3n) is 4.79. The van der Waals surface area contributed by atoms with Gasteiger partial charge in [0.2, 0.25) is 5.75 Å². The number of hydrogen-bond donors (Lipinski definition) is 0. The summed E-state index contributed by atoms with van der Waals surface area (Å²) in [6.07, 6.45) is 3.28. The van der Waals surface area contributed by atoms with Crippen LogP contribution in [0.25, 0.3) is 0 Å². The van der Waals surface area contributed by atoms with E-state index in [2.05, 4.69) is 25.8 Å². The normalized spacial score (nSPS) is 14.6. The molecule has 0 saturated carbocycles. The first-order valence-electron chi connectivity index (χ1n) is 8.97. The molecule has 7 nitrogen and oxygen atoms in total. The van der Waals surface area contributed by atoms with Crippen molar-refractivity contribution in [1.82, 2.24) is 14.8 Å². The van der Waals surface area contributed by atoms with E-state index >= 15 is 0 Å². The molecule has 1 amide bonds. The monoisotopic (exact) mass is 449 g/mol. The number of nitrogens with zero attached hydrogens (tertiary/aromatic N) is 3. The molecule has 8 heteroatoms. The maximum absolute atomic E-state index is 12.7. The van der Waals surface area contributed by atoms with Gasteiger partial charge in [-0.15, -0.1) is 0 Å². The largest absolute Gasteiger partial charge is 0.493 e. The molecule has 1 aromatic heterocycles. The highest BCUT2D eigenvalue weighted by atomic mass is 79.9. The molecule has 0 spiro atoms. The molecular formula is C20H24BrN3O4. The lowest BCUT2D eigenvalue weighted by Gasteiger charge is -2.35. The van der Waals surface area contributed by atoms with Crippen LogP contribution < -0.4 is 14.2 Å². The molecule has 0 N–H and O–H groups in total. The highest BCUT2D eigenvalue weighted by Crippen LogP contribution is 2.40. The van der Waals surface area contributed by atoms with Crippen LogP contribution in [0.5, 0.6) is 17.2 Å². The number of benzene rings is 1. The molecule has 3 rings (SSSR count). The van der Waals surface area contributed by atoms with Gasteiger partial charge in [0.15, 0.2) is 11.5 Å². The molecule has 1 aliphatic rings. The van der Waals surface area contributed by atoms with Gasteiger partial charge in [0.05, 0.1) is 26.9 Å². The lowest BCUT2D eigenvalue weighted by Crippen LogP contribution is -2.48. The van der Waals surface area contributed by atoms with Crippen molar-refractivity contribution >= 4 is 21.8 Å². The number of aromatic nitrogens is 1. The first kappa shape index (κ1) is 20.4. The van der Waals surface area contributed by atoms with Crippen LogP contribution in [-0.2, 0) is 6.54 Å². The number of piperazine rings is 1. The summed E-state index contributed by atoms with van der Waals surface area (Å²) in [7, 11) is 4.84. The van der Waals surface area contributed by atoms with E-state index in [0.717, 1.165) is 23.1 Å². The Morgan fingerprint density at radius 1 is 1.04 bits per heavy atom. The van der Waals surface area contributed by atoms with Crippen LogP contribution in [0.15, 0.2) is 35.1 Å². The first-order valence-corrected chi connectivity index (χ1v) is 9.76. The highest BCUT2D eigenvalue weighted by molar-refractivity contribution is 9.10. The molecule has 1 aromatic carbocycles. The zero-order valence-corrected chi connectivity index (χ0v) is 17.9. The van der Waals surface area contributed by atoms with E-state index in [1.54, 1.807) is 39.8 Å². The van der Waals surface area contributed by atoms with E-state index in [-0.39, 0.29) is 5.91 Å². The number of methoxy groups -OCH3 is 3. The number of ether oxygens (including phenoxy) is 3. The molecule has 1 fully saturated rings. The van der Waals surface area contributed by atoms with Gasteiger partial charge in [-0.25, -0.2) is 0 Å². The average molecular weight is 450 g/mol. The Morgan fingerprint density at radius 3 is 2.36 bits per heavy atom. The van der Waals surface area contributed by atoms with Crippen LogP contribution >= 0.6 is 15.9 Å². The van der Waals surface area contributed by atoms with Gasteiger partial charge >= 0.3 is 0 Å². The van der Waals surface area contributed by atoms with E-state index in [1.165, 1.54) is 0 Å². The summed E-state index contributed by atoms with van der Waals surface area (Å²) in [5.41, 5.74) is 1.63. The second-order valence-corrected chi connectivity index (χ2v) is 7.37. The molecular weight excluding hydrogens is 426 g/mol. The quantitative estimate of drug-likeness (QED) is 0.675. The summed E-state index contributed by atoms with van der Waals surface area (Å²) in [6, 6.07) is 5.68. The van der Waals surface area contributed by atoms with Crippen molar-refractivity contribution in [3.8, 4) is 17.2 Å².